The SMILES string of the molecule is CC1(C)C2=C(C=CC(c3nc(-c4ccccc4)nc(-n4c5ccccc5c5c6c(cc(-c7ccc8sc9ccccc9c8c7)c54)C4(C)C=CC=CC4O6)n3)C2)c2ccccc21. The third-order valence-electron chi connectivity index (χ3n) is 13.9. The fourth-order valence-electron chi connectivity index (χ4n) is 10.7. The zero-order valence-electron chi connectivity index (χ0n) is 34.1. The molecule has 0 saturated carbocycles. The van der Waals surface area contributed by atoms with Gasteiger partial charge in [0.25, 0.3) is 0 Å². The summed E-state index contributed by atoms with van der Waals surface area (Å²) in [6.07, 6.45) is 14.1. The summed E-state index contributed by atoms with van der Waals surface area (Å²) in [7, 11) is 0. The van der Waals surface area contributed by atoms with Gasteiger partial charge < -0.3 is 4.74 Å². The Bertz CT molecular complexity index is 3490. The molecular formula is C55H40N4OS. The van der Waals surface area contributed by atoms with Crippen molar-refractivity contribution in [2.45, 2.75) is 50.0 Å². The second-order valence-electron chi connectivity index (χ2n) is 17.7. The van der Waals surface area contributed by atoms with Crippen LogP contribution in [0, 0.1) is 0 Å². The van der Waals surface area contributed by atoms with Crippen molar-refractivity contribution in [1.29, 1.82) is 0 Å². The van der Waals surface area contributed by atoms with Gasteiger partial charge in [0.1, 0.15) is 17.7 Å². The van der Waals surface area contributed by atoms with Gasteiger partial charge in [0.2, 0.25) is 5.95 Å². The third kappa shape index (κ3) is 4.91. The average molecular weight is 805 g/mol. The number of benzene rings is 6. The van der Waals surface area contributed by atoms with Crippen LogP contribution in [0.5, 0.6) is 5.75 Å². The van der Waals surface area contributed by atoms with E-state index >= 15 is 0 Å². The molecule has 61 heavy (non-hydrogen) atoms. The van der Waals surface area contributed by atoms with Crippen molar-refractivity contribution in [3.8, 4) is 34.2 Å². The van der Waals surface area contributed by atoms with E-state index in [2.05, 4.69) is 183 Å². The van der Waals surface area contributed by atoms with Crippen molar-refractivity contribution < 1.29 is 4.74 Å². The van der Waals surface area contributed by atoms with Crippen LogP contribution in [-0.4, -0.2) is 25.6 Å². The Morgan fingerprint density at radius 1 is 0.672 bits per heavy atom. The standard InChI is InChI=1S/C55H40N4OS/c1-54(2)41-20-10-7-17-35(41)36-26-24-34(30-42(36)54)52-56-51(32-15-5-4-6-16-32)57-53(58-52)59-44-21-11-8-19-38(44)48-49(59)39(31-43-50(48)60-47-23-13-14-28-55(43,47)3)33-25-27-46-40(29-33)37-18-9-12-22-45(37)61-46/h4-29,31,34,47H,30H2,1-3H3. The Hall–Kier alpha value is -6.89. The highest BCUT2D eigenvalue weighted by Gasteiger charge is 2.46. The Kier molecular flexibility index (Phi) is 7.20. The van der Waals surface area contributed by atoms with Crippen LogP contribution in [0.4, 0.5) is 0 Å². The molecule has 3 unspecified atom stereocenters. The minimum atomic E-state index is -0.329. The summed E-state index contributed by atoms with van der Waals surface area (Å²) in [5, 5.41) is 4.73. The fourth-order valence-corrected chi connectivity index (χ4v) is 11.8. The second kappa shape index (κ2) is 12.6. The van der Waals surface area contributed by atoms with E-state index in [9.17, 15) is 0 Å². The third-order valence-corrected chi connectivity index (χ3v) is 15.1. The Labute approximate surface area is 357 Å². The molecule has 6 heteroatoms. The van der Waals surface area contributed by atoms with Crippen molar-refractivity contribution in [2.75, 3.05) is 0 Å². The van der Waals surface area contributed by atoms with E-state index in [0.717, 1.165) is 56.5 Å². The quantitative estimate of drug-likeness (QED) is 0.178. The summed E-state index contributed by atoms with van der Waals surface area (Å²) < 4.78 is 11.9. The van der Waals surface area contributed by atoms with E-state index in [4.69, 9.17) is 19.7 Å². The van der Waals surface area contributed by atoms with Gasteiger partial charge in [-0.2, -0.15) is 9.97 Å². The number of nitrogens with zero attached hydrogens (tertiary/aromatic N) is 4. The molecule has 1 aliphatic heterocycles. The summed E-state index contributed by atoms with van der Waals surface area (Å²) in [5.74, 6) is 2.92. The molecular weight excluding hydrogens is 765 g/mol. The van der Waals surface area contributed by atoms with Crippen LogP contribution in [0.2, 0.25) is 0 Å². The number of fused-ring (bicyclic) bond motifs is 12. The van der Waals surface area contributed by atoms with Gasteiger partial charge in [-0.3, -0.25) is 4.57 Å². The molecule has 4 heterocycles. The zero-order valence-corrected chi connectivity index (χ0v) is 34.9. The van der Waals surface area contributed by atoms with Gasteiger partial charge in [-0.1, -0.05) is 147 Å². The molecule has 0 spiro atoms. The number of hydrogen-bond donors (Lipinski definition) is 0. The van der Waals surface area contributed by atoms with Crippen LogP contribution in [0.15, 0.2) is 169 Å². The van der Waals surface area contributed by atoms with E-state index in [1.54, 1.807) is 0 Å². The highest BCUT2D eigenvalue weighted by molar-refractivity contribution is 7.25. The van der Waals surface area contributed by atoms with E-state index in [0.29, 0.717) is 11.8 Å². The van der Waals surface area contributed by atoms with Gasteiger partial charge in [-0.25, -0.2) is 4.98 Å². The average Bonchev–Trinajstić information content (AvgIpc) is 4.01. The lowest BCUT2D eigenvalue weighted by molar-refractivity contribution is 0.230. The monoisotopic (exact) mass is 804 g/mol. The van der Waals surface area contributed by atoms with Crippen molar-refractivity contribution >= 4 is 58.9 Å². The predicted octanol–water partition coefficient (Wildman–Crippen LogP) is 13.6. The summed E-state index contributed by atoms with van der Waals surface area (Å²) >= 11 is 1.85. The summed E-state index contributed by atoms with van der Waals surface area (Å²) in [4.78, 5) is 16.3. The smallest absolute Gasteiger partial charge is 0.238 e. The van der Waals surface area contributed by atoms with Crippen molar-refractivity contribution in [3.63, 3.8) is 0 Å². The molecule has 0 N–H and O–H groups in total. The minimum Gasteiger partial charge on any atom is -0.484 e. The van der Waals surface area contributed by atoms with Crippen LogP contribution in [-0.2, 0) is 10.8 Å². The predicted molar refractivity (Wildman–Crippen MR) is 251 cm³/mol. The maximum absolute atomic E-state index is 7.07. The van der Waals surface area contributed by atoms with Crippen molar-refractivity contribution in [2.24, 2.45) is 0 Å². The van der Waals surface area contributed by atoms with Gasteiger partial charge in [0.15, 0.2) is 5.82 Å². The first kappa shape index (κ1) is 34.9. The van der Waals surface area contributed by atoms with Gasteiger partial charge in [0.05, 0.1) is 21.8 Å². The van der Waals surface area contributed by atoms with E-state index in [1.165, 1.54) is 48.0 Å². The number of ether oxygens (including phenoxy) is 1. The van der Waals surface area contributed by atoms with Gasteiger partial charge >= 0.3 is 0 Å². The molecule has 3 aromatic heterocycles. The van der Waals surface area contributed by atoms with E-state index in [1.807, 2.05) is 17.4 Å². The highest BCUT2D eigenvalue weighted by Crippen LogP contribution is 2.55. The normalized spacial score (nSPS) is 20.7. The second-order valence-corrected chi connectivity index (χ2v) is 18.8. The molecule has 0 fully saturated rings. The Morgan fingerprint density at radius 2 is 1.46 bits per heavy atom. The molecule has 4 aliphatic rings. The first-order valence-electron chi connectivity index (χ1n) is 21.2. The van der Waals surface area contributed by atoms with Gasteiger partial charge in [-0.15, -0.1) is 11.3 Å². The molecule has 9 aromatic rings. The summed E-state index contributed by atoms with van der Waals surface area (Å²) in [5.41, 5.74) is 11.5. The molecule has 13 rings (SSSR count). The molecule has 292 valence electrons. The van der Waals surface area contributed by atoms with Crippen LogP contribution in [0.25, 0.3) is 76.0 Å². The molecule has 3 atom stereocenters. The lowest BCUT2D eigenvalue weighted by atomic mass is 9.75. The molecule has 3 aliphatic carbocycles. The number of para-hydroxylation sites is 1. The highest BCUT2D eigenvalue weighted by atomic mass is 32.1. The minimum absolute atomic E-state index is 0.0346. The Balaban J connectivity index is 1.09. The number of thiophene rings is 1. The molecule has 0 bridgehead atoms. The van der Waals surface area contributed by atoms with E-state index < -0.39 is 0 Å². The number of aromatic nitrogens is 4. The van der Waals surface area contributed by atoms with E-state index in [-0.39, 0.29) is 22.9 Å². The Morgan fingerprint density at radius 3 is 2.36 bits per heavy atom. The lowest BCUT2D eigenvalue weighted by Gasteiger charge is -2.28. The lowest BCUT2D eigenvalue weighted by Crippen LogP contribution is -2.32. The van der Waals surface area contributed by atoms with Crippen LogP contribution in [0.1, 0.15) is 55.6 Å². The fraction of sp³-hybridized carbons (Fsp3) is 0.145. The van der Waals surface area contributed by atoms with Crippen LogP contribution >= 0.6 is 11.3 Å². The molecule has 5 nitrogen and oxygen atoms in total. The van der Waals surface area contributed by atoms with Crippen LogP contribution < -0.4 is 4.74 Å². The number of allylic oxidation sites excluding steroid dienone is 6. The molecule has 0 saturated heterocycles. The first-order chi connectivity index (χ1) is 29.8. The van der Waals surface area contributed by atoms with Gasteiger partial charge in [-0.05, 0) is 72.0 Å². The number of rotatable bonds is 4. The maximum Gasteiger partial charge on any atom is 0.238 e. The summed E-state index contributed by atoms with van der Waals surface area (Å²) in [6.45, 7) is 7.02. The van der Waals surface area contributed by atoms with Gasteiger partial charge in [0, 0.05) is 53.6 Å². The largest absolute Gasteiger partial charge is 0.484 e. The van der Waals surface area contributed by atoms with Crippen LogP contribution in [0.3, 0.4) is 0 Å². The molecule has 0 amide bonds. The zero-order chi connectivity index (χ0) is 40.6. The molecule has 6 aromatic carbocycles. The maximum atomic E-state index is 7.07. The number of hydrogen-bond acceptors (Lipinski definition) is 5. The first-order valence-corrected chi connectivity index (χ1v) is 22.1. The van der Waals surface area contributed by atoms with Crippen molar-refractivity contribution in [1.82, 2.24) is 19.5 Å². The summed E-state index contributed by atoms with van der Waals surface area (Å²) in [6, 6.07) is 46.0. The molecule has 0 radical (unpaired) electrons. The van der Waals surface area contributed by atoms with Crippen molar-refractivity contribution in [3.05, 3.63) is 192 Å². The topological polar surface area (TPSA) is 52.8 Å².